The van der Waals surface area contributed by atoms with Gasteiger partial charge < -0.3 is 5.32 Å². The third kappa shape index (κ3) is 7.72. The molecule has 1 aliphatic carbocycles. The Bertz CT molecular complexity index is 187. The molecule has 0 bridgehead atoms. The minimum absolute atomic E-state index is 0.272. The van der Waals surface area contributed by atoms with Gasteiger partial charge in [0.1, 0.15) is 0 Å². The average Bonchev–Trinajstić information content (AvgIpc) is 3.06. The highest BCUT2D eigenvalue weighted by molar-refractivity contribution is 5.76. The highest BCUT2D eigenvalue weighted by atomic mass is 16.1. The quantitative estimate of drug-likeness (QED) is 0.563. The topological polar surface area (TPSA) is 29.1 Å². The van der Waals surface area contributed by atoms with Gasteiger partial charge in [0.05, 0.1) is 0 Å². The summed E-state index contributed by atoms with van der Waals surface area (Å²) in [5, 5.41) is 3.03. The van der Waals surface area contributed by atoms with Crippen LogP contribution in [0.1, 0.15) is 77.6 Å². The Labute approximate surface area is 100 Å². The maximum atomic E-state index is 11.4. The Morgan fingerprint density at radius 1 is 1.00 bits per heavy atom. The zero-order valence-electron chi connectivity index (χ0n) is 10.8. The van der Waals surface area contributed by atoms with Crippen LogP contribution in [-0.2, 0) is 4.79 Å². The Kier molecular flexibility index (Phi) is 7.28. The molecule has 2 nitrogen and oxygen atoms in total. The lowest BCUT2D eigenvalue weighted by atomic mass is 10.1. The van der Waals surface area contributed by atoms with Crippen LogP contribution < -0.4 is 5.32 Å². The molecule has 0 unspecified atom stereocenters. The lowest BCUT2D eigenvalue weighted by Crippen LogP contribution is -2.24. The largest absolute Gasteiger partial charge is 0.353 e. The van der Waals surface area contributed by atoms with E-state index in [-0.39, 0.29) is 5.91 Å². The van der Waals surface area contributed by atoms with E-state index in [1.54, 1.807) is 0 Å². The van der Waals surface area contributed by atoms with E-state index >= 15 is 0 Å². The van der Waals surface area contributed by atoms with E-state index in [4.69, 9.17) is 0 Å². The van der Waals surface area contributed by atoms with E-state index in [1.807, 2.05) is 0 Å². The Balaban J connectivity index is 1.75. The van der Waals surface area contributed by atoms with Crippen molar-refractivity contribution in [3.8, 4) is 0 Å². The van der Waals surface area contributed by atoms with Crippen molar-refractivity contribution >= 4 is 5.91 Å². The van der Waals surface area contributed by atoms with Crippen molar-refractivity contribution in [3.63, 3.8) is 0 Å². The average molecular weight is 225 g/mol. The molecule has 94 valence electrons. The molecule has 0 spiro atoms. The first-order valence-corrected chi connectivity index (χ1v) is 7.12. The van der Waals surface area contributed by atoms with Gasteiger partial charge in [-0.3, -0.25) is 4.79 Å². The molecule has 1 amide bonds. The van der Waals surface area contributed by atoms with Gasteiger partial charge in [0.15, 0.2) is 0 Å². The Hall–Kier alpha value is -0.530. The van der Waals surface area contributed by atoms with Gasteiger partial charge in [-0.2, -0.15) is 0 Å². The van der Waals surface area contributed by atoms with Crippen molar-refractivity contribution in [2.45, 2.75) is 83.6 Å². The number of hydrogen-bond donors (Lipinski definition) is 1. The molecular weight excluding hydrogens is 198 g/mol. The van der Waals surface area contributed by atoms with Crippen molar-refractivity contribution in [1.29, 1.82) is 0 Å². The standard InChI is InChI=1S/C14H27NO/c1-2-3-4-5-6-7-8-9-10-14(16)15-13-11-12-13/h13H,2-12H2,1H3,(H,15,16). The van der Waals surface area contributed by atoms with Crippen molar-refractivity contribution in [3.05, 3.63) is 0 Å². The number of hydrogen-bond acceptors (Lipinski definition) is 1. The fourth-order valence-corrected chi connectivity index (χ4v) is 1.95. The van der Waals surface area contributed by atoms with Crippen LogP contribution >= 0.6 is 0 Å². The number of unbranched alkanes of at least 4 members (excludes halogenated alkanes) is 7. The van der Waals surface area contributed by atoms with Crippen molar-refractivity contribution in [1.82, 2.24) is 5.32 Å². The number of rotatable bonds is 10. The summed E-state index contributed by atoms with van der Waals surface area (Å²) in [5.41, 5.74) is 0. The van der Waals surface area contributed by atoms with Crippen molar-refractivity contribution in [2.75, 3.05) is 0 Å². The fraction of sp³-hybridized carbons (Fsp3) is 0.929. The molecule has 0 radical (unpaired) electrons. The first-order chi connectivity index (χ1) is 7.83. The monoisotopic (exact) mass is 225 g/mol. The van der Waals surface area contributed by atoms with Crippen molar-refractivity contribution < 1.29 is 4.79 Å². The molecule has 1 N–H and O–H groups in total. The van der Waals surface area contributed by atoms with Gasteiger partial charge in [-0.25, -0.2) is 0 Å². The van der Waals surface area contributed by atoms with E-state index in [0.29, 0.717) is 6.04 Å². The summed E-state index contributed by atoms with van der Waals surface area (Å²) < 4.78 is 0. The molecule has 1 fully saturated rings. The van der Waals surface area contributed by atoms with Crippen LogP contribution in [0.3, 0.4) is 0 Å². The normalized spacial score (nSPS) is 15.1. The van der Waals surface area contributed by atoms with Gasteiger partial charge in [0.25, 0.3) is 0 Å². The SMILES string of the molecule is CCCCCCCCCCC(=O)NC1CC1. The predicted octanol–water partition coefficient (Wildman–Crippen LogP) is 3.80. The summed E-state index contributed by atoms with van der Waals surface area (Å²) in [4.78, 5) is 11.4. The first kappa shape index (κ1) is 13.5. The third-order valence-electron chi connectivity index (χ3n) is 3.20. The molecule has 0 atom stereocenters. The Morgan fingerprint density at radius 3 is 2.12 bits per heavy atom. The molecule has 1 aliphatic rings. The number of carbonyl (C=O) groups is 1. The van der Waals surface area contributed by atoms with Crippen LogP contribution in [0.5, 0.6) is 0 Å². The van der Waals surface area contributed by atoms with Crippen LogP contribution in [0, 0.1) is 0 Å². The summed E-state index contributed by atoms with van der Waals surface area (Å²) in [7, 11) is 0. The smallest absolute Gasteiger partial charge is 0.220 e. The van der Waals surface area contributed by atoms with Gasteiger partial charge >= 0.3 is 0 Å². The lowest BCUT2D eigenvalue weighted by molar-refractivity contribution is -0.121. The summed E-state index contributed by atoms with van der Waals surface area (Å²) in [6.07, 6.45) is 13.6. The summed E-state index contributed by atoms with van der Waals surface area (Å²) in [6, 6.07) is 0.529. The van der Waals surface area contributed by atoms with Crippen LogP contribution in [0.2, 0.25) is 0 Å². The maximum Gasteiger partial charge on any atom is 0.220 e. The van der Waals surface area contributed by atoms with Gasteiger partial charge in [-0.1, -0.05) is 51.9 Å². The second-order valence-corrected chi connectivity index (χ2v) is 5.07. The minimum Gasteiger partial charge on any atom is -0.353 e. The van der Waals surface area contributed by atoms with Gasteiger partial charge in [-0.15, -0.1) is 0 Å². The van der Waals surface area contributed by atoms with Gasteiger partial charge in [0, 0.05) is 12.5 Å². The molecule has 0 aliphatic heterocycles. The second-order valence-electron chi connectivity index (χ2n) is 5.07. The maximum absolute atomic E-state index is 11.4. The van der Waals surface area contributed by atoms with Gasteiger partial charge in [-0.05, 0) is 19.3 Å². The van der Waals surface area contributed by atoms with E-state index < -0.39 is 0 Å². The van der Waals surface area contributed by atoms with Gasteiger partial charge in [0.2, 0.25) is 5.91 Å². The molecule has 0 aromatic heterocycles. The van der Waals surface area contributed by atoms with Crippen molar-refractivity contribution in [2.24, 2.45) is 0 Å². The number of nitrogens with one attached hydrogen (secondary N) is 1. The molecule has 0 saturated heterocycles. The minimum atomic E-state index is 0.272. The molecule has 2 heteroatoms. The van der Waals surface area contributed by atoms with E-state index in [2.05, 4.69) is 12.2 Å². The van der Waals surface area contributed by atoms with Crippen LogP contribution in [-0.4, -0.2) is 11.9 Å². The Morgan fingerprint density at radius 2 is 1.56 bits per heavy atom. The molecule has 1 saturated carbocycles. The first-order valence-electron chi connectivity index (χ1n) is 7.12. The predicted molar refractivity (Wildman–Crippen MR) is 68.4 cm³/mol. The summed E-state index contributed by atoms with van der Waals surface area (Å²) in [5.74, 6) is 0.272. The molecule has 0 aromatic rings. The highest BCUT2D eigenvalue weighted by Gasteiger charge is 2.22. The van der Waals surface area contributed by atoms with E-state index in [0.717, 1.165) is 12.8 Å². The van der Waals surface area contributed by atoms with Crippen LogP contribution in [0.15, 0.2) is 0 Å². The van der Waals surface area contributed by atoms with Crippen LogP contribution in [0.4, 0.5) is 0 Å². The van der Waals surface area contributed by atoms with Crippen LogP contribution in [0.25, 0.3) is 0 Å². The molecule has 0 heterocycles. The molecular formula is C14H27NO. The number of carbonyl (C=O) groups excluding carboxylic acids is 1. The van der Waals surface area contributed by atoms with E-state index in [1.165, 1.54) is 57.8 Å². The third-order valence-corrected chi connectivity index (χ3v) is 3.20. The number of amides is 1. The molecule has 16 heavy (non-hydrogen) atoms. The fourth-order valence-electron chi connectivity index (χ4n) is 1.95. The lowest BCUT2D eigenvalue weighted by Gasteiger charge is -2.03. The zero-order valence-corrected chi connectivity index (χ0v) is 10.8. The highest BCUT2D eigenvalue weighted by Crippen LogP contribution is 2.19. The summed E-state index contributed by atoms with van der Waals surface area (Å²) in [6.45, 7) is 2.25. The molecule has 0 aromatic carbocycles. The second kappa shape index (κ2) is 8.60. The zero-order chi connectivity index (χ0) is 11.6. The molecule has 1 rings (SSSR count). The summed E-state index contributed by atoms with van der Waals surface area (Å²) >= 11 is 0. The van der Waals surface area contributed by atoms with E-state index in [9.17, 15) is 4.79 Å².